The molecular formula is C24H28Cl2N6O4S. The molecule has 4 heterocycles. The van der Waals surface area contributed by atoms with Crippen LogP contribution in [0.3, 0.4) is 0 Å². The van der Waals surface area contributed by atoms with E-state index in [1.807, 2.05) is 6.07 Å². The number of nitrogens with one attached hydrogen (secondary N) is 1. The van der Waals surface area contributed by atoms with E-state index in [1.54, 1.807) is 21.5 Å². The molecule has 0 unspecified atom stereocenters. The van der Waals surface area contributed by atoms with Gasteiger partial charge in [0, 0.05) is 36.8 Å². The summed E-state index contributed by atoms with van der Waals surface area (Å²) < 4.78 is 33.6. The van der Waals surface area contributed by atoms with Crippen molar-refractivity contribution < 1.29 is 17.9 Å². The van der Waals surface area contributed by atoms with Gasteiger partial charge in [-0.2, -0.15) is 9.61 Å². The number of ether oxygens (including phenoxy) is 1. The summed E-state index contributed by atoms with van der Waals surface area (Å²) in [5.41, 5.74) is 1.67. The zero-order valence-electron chi connectivity index (χ0n) is 20.5. The van der Waals surface area contributed by atoms with Crippen LogP contribution in [0, 0.1) is 5.92 Å². The van der Waals surface area contributed by atoms with Crippen LogP contribution in [0.4, 0.5) is 11.5 Å². The van der Waals surface area contributed by atoms with Crippen molar-refractivity contribution in [1.82, 2.24) is 19.5 Å². The van der Waals surface area contributed by atoms with Gasteiger partial charge in [-0.15, -0.1) is 0 Å². The lowest BCUT2D eigenvalue weighted by Gasteiger charge is -2.38. The first-order chi connectivity index (χ1) is 17.6. The highest BCUT2D eigenvalue weighted by atomic mass is 35.5. The lowest BCUT2D eigenvalue weighted by Crippen LogP contribution is -2.42. The lowest BCUT2D eigenvalue weighted by atomic mass is 9.91. The number of anilines is 2. The summed E-state index contributed by atoms with van der Waals surface area (Å²) in [4.78, 5) is 22.3. The zero-order chi connectivity index (χ0) is 26.3. The predicted octanol–water partition coefficient (Wildman–Crippen LogP) is 3.86. The van der Waals surface area contributed by atoms with Gasteiger partial charge in [-0.25, -0.2) is 13.4 Å². The van der Waals surface area contributed by atoms with Crippen molar-refractivity contribution in [3.8, 4) is 0 Å². The molecule has 13 heteroatoms. The molecule has 0 saturated carbocycles. The second-order valence-electron chi connectivity index (χ2n) is 9.60. The summed E-state index contributed by atoms with van der Waals surface area (Å²) in [6.07, 6.45) is 2.66. The van der Waals surface area contributed by atoms with Crippen molar-refractivity contribution in [2.75, 3.05) is 48.7 Å². The summed E-state index contributed by atoms with van der Waals surface area (Å²) in [7, 11) is -3.60. The third kappa shape index (κ3) is 5.64. The van der Waals surface area contributed by atoms with Crippen molar-refractivity contribution >= 4 is 56.3 Å². The van der Waals surface area contributed by atoms with Crippen molar-refractivity contribution in [1.29, 1.82) is 0 Å². The Kier molecular flexibility index (Phi) is 7.23. The first-order valence-electron chi connectivity index (χ1n) is 12.1. The Morgan fingerprint density at radius 1 is 1.14 bits per heavy atom. The van der Waals surface area contributed by atoms with E-state index < -0.39 is 10.0 Å². The van der Waals surface area contributed by atoms with E-state index in [9.17, 15) is 13.2 Å². The van der Waals surface area contributed by atoms with Crippen molar-refractivity contribution in [3.05, 3.63) is 51.8 Å². The van der Waals surface area contributed by atoms with Crippen molar-refractivity contribution in [3.63, 3.8) is 0 Å². The maximum absolute atomic E-state index is 13.9. The predicted molar refractivity (Wildman–Crippen MR) is 143 cm³/mol. The Morgan fingerprint density at radius 2 is 1.89 bits per heavy atom. The Bertz CT molecular complexity index is 1440. The fourth-order valence-electron chi connectivity index (χ4n) is 4.95. The van der Waals surface area contributed by atoms with E-state index in [4.69, 9.17) is 33.0 Å². The smallest absolute Gasteiger partial charge is 0.256 e. The molecule has 3 aromatic rings. The minimum absolute atomic E-state index is 0.187. The number of piperidine rings is 1. The number of aromatic nitrogens is 3. The number of nitrogens with zero attached hydrogens (tertiary/aromatic N) is 5. The number of benzene rings is 1. The van der Waals surface area contributed by atoms with E-state index in [0.717, 1.165) is 18.5 Å². The molecule has 2 aliphatic rings. The quantitative estimate of drug-likeness (QED) is 0.467. The number of fused-ring (bicyclic) bond motifs is 1. The Balaban J connectivity index is 1.54. The van der Waals surface area contributed by atoms with Crippen LogP contribution in [0.25, 0.3) is 5.65 Å². The van der Waals surface area contributed by atoms with Crippen LogP contribution < -0.4 is 9.62 Å². The highest BCUT2D eigenvalue weighted by Crippen LogP contribution is 2.36. The van der Waals surface area contributed by atoms with Gasteiger partial charge in [0.15, 0.2) is 5.65 Å². The minimum Gasteiger partial charge on any atom is -0.378 e. The fourth-order valence-corrected chi connectivity index (χ4v) is 5.88. The average molecular weight is 567 g/mol. The summed E-state index contributed by atoms with van der Waals surface area (Å²) in [6.45, 7) is 5.23. The second kappa shape index (κ2) is 10.3. The summed E-state index contributed by atoms with van der Waals surface area (Å²) in [6, 6.07) is 7.88. The standard InChI is InChI=1S/C24H28Cl2N6O4S/c1-15-3-6-20(31(14-15)24(33)17-11-16(25)4-5-18(17)29-37(2,34)35)19-12-22-27-21(26)13-23(32(22)28-19)30-7-9-36-10-8-30/h4-5,11-13,15,20,29H,3,6-10,14H2,1-2H3/t15-,20-/m0/s1. The van der Waals surface area contributed by atoms with Gasteiger partial charge in [-0.3, -0.25) is 9.52 Å². The molecule has 2 aromatic heterocycles. The number of morpholine rings is 1. The molecule has 2 atom stereocenters. The van der Waals surface area contributed by atoms with Gasteiger partial charge in [-0.05, 0) is 37.0 Å². The third-order valence-electron chi connectivity index (χ3n) is 6.66. The normalized spacial score (nSPS) is 20.9. The van der Waals surface area contributed by atoms with Crippen molar-refractivity contribution in [2.24, 2.45) is 5.92 Å². The van der Waals surface area contributed by atoms with Gasteiger partial charge >= 0.3 is 0 Å². The lowest BCUT2D eigenvalue weighted by molar-refractivity contribution is 0.0538. The molecule has 0 spiro atoms. The molecule has 198 valence electrons. The van der Waals surface area contributed by atoms with Gasteiger partial charge < -0.3 is 14.5 Å². The number of carbonyl (C=O) groups is 1. The molecule has 0 aliphatic carbocycles. The molecule has 5 rings (SSSR count). The fraction of sp³-hybridized carbons (Fsp3) is 0.458. The maximum atomic E-state index is 13.9. The van der Waals surface area contributed by atoms with Gasteiger partial charge in [0.1, 0.15) is 11.0 Å². The van der Waals surface area contributed by atoms with E-state index in [0.29, 0.717) is 60.8 Å². The number of sulfonamides is 1. The number of likely N-dealkylation sites (tertiary alicyclic amines) is 1. The number of hydrogen-bond acceptors (Lipinski definition) is 7. The monoisotopic (exact) mass is 566 g/mol. The van der Waals surface area contributed by atoms with Gasteiger partial charge in [-0.1, -0.05) is 30.1 Å². The van der Waals surface area contributed by atoms with E-state index in [-0.39, 0.29) is 29.1 Å². The van der Waals surface area contributed by atoms with Crippen LogP contribution in [0.5, 0.6) is 0 Å². The van der Waals surface area contributed by atoms with Crippen LogP contribution >= 0.6 is 23.2 Å². The largest absolute Gasteiger partial charge is 0.378 e. The van der Waals surface area contributed by atoms with Crippen LogP contribution in [-0.4, -0.2) is 72.9 Å². The molecule has 0 radical (unpaired) electrons. The summed E-state index contributed by atoms with van der Waals surface area (Å²) in [5.74, 6) is 0.766. The molecular weight excluding hydrogens is 539 g/mol. The molecule has 2 saturated heterocycles. The minimum atomic E-state index is -3.60. The highest BCUT2D eigenvalue weighted by molar-refractivity contribution is 7.92. The number of carbonyl (C=O) groups excluding carboxylic acids is 1. The first-order valence-corrected chi connectivity index (χ1v) is 14.7. The van der Waals surface area contributed by atoms with Crippen LogP contribution in [0.1, 0.15) is 41.9 Å². The molecule has 1 N–H and O–H groups in total. The zero-order valence-corrected chi connectivity index (χ0v) is 22.9. The molecule has 10 nitrogen and oxygen atoms in total. The topological polar surface area (TPSA) is 109 Å². The average Bonchev–Trinajstić information content (AvgIpc) is 3.27. The highest BCUT2D eigenvalue weighted by Gasteiger charge is 2.35. The number of hydrogen-bond donors (Lipinski definition) is 1. The molecule has 0 bridgehead atoms. The third-order valence-corrected chi connectivity index (χ3v) is 7.68. The second-order valence-corrected chi connectivity index (χ2v) is 12.2. The number of rotatable bonds is 5. The Labute approximate surface area is 225 Å². The van der Waals surface area contributed by atoms with Crippen LogP contribution in [0.2, 0.25) is 10.2 Å². The SMILES string of the molecule is C[C@H]1CC[C@@H](c2cc3nc(Cl)cc(N4CCOCC4)n3n2)N(C(=O)c2cc(Cl)ccc2NS(C)(=O)=O)C1. The van der Waals surface area contributed by atoms with E-state index in [1.165, 1.54) is 12.1 Å². The molecule has 2 aliphatic heterocycles. The summed E-state index contributed by atoms with van der Waals surface area (Å²) >= 11 is 12.6. The van der Waals surface area contributed by atoms with Gasteiger partial charge in [0.05, 0.1) is 42.5 Å². The molecule has 1 amide bonds. The molecule has 1 aromatic carbocycles. The van der Waals surface area contributed by atoms with Crippen LogP contribution in [0.15, 0.2) is 30.3 Å². The number of halogens is 2. The Morgan fingerprint density at radius 3 is 2.62 bits per heavy atom. The molecule has 2 fully saturated rings. The van der Waals surface area contributed by atoms with E-state index in [2.05, 4.69) is 21.5 Å². The summed E-state index contributed by atoms with van der Waals surface area (Å²) in [5, 5.41) is 5.59. The molecule has 37 heavy (non-hydrogen) atoms. The van der Waals surface area contributed by atoms with Gasteiger partial charge in [0.2, 0.25) is 10.0 Å². The van der Waals surface area contributed by atoms with Gasteiger partial charge in [0.25, 0.3) is 5.91 Å². The number of amides is 1. The van der Waals surface area contributed by atoms with E-state index >= 15 is 0 Å². The first kappa shape index (κ1) is 26.0. The maximum Gasteiger partial charge on any atom is 0.256 e. The Hall–Kier alpha value is -2.60. The van der Waals surface area contributed by atoms with Crippen molar-refractivity contribution in [2.45, 2.75) is 25.8 Å². The van der Waals surface area contributed by atoms with Crippen LogP contribution in [-0.2, 0) is 14.8 Å².